The van der Waals surface area contributed by atoms with Crippen molar-refractivity contribution in [1.29, 1.82) is 0 Å². The summed E-state index contributed by atoms with van der Waals surface area (Å²) in [6, 6.07) is 9.56. The number of carbonyl (C=O) groups excluding carboxylic acids is 1. The Hall–Kier alpha value is -2.07. The Morgan fingerprint density at radius 3 is 2.57 bits per heavy atom. The van der Waals surface area contributed by atoms with E-state index in [4.69, 9.17) is 11.6 Å². The first-order valence-corrected chi connectivity index (χ1v) is 7.17. The minimum atomic E-state index is -0.0276. The maximum absolute atomic E-state index is 11.6. The molecule has 0 radical (unpaired) electrons. The molecule has 0 saturated carbocycles. The van der Waals surface area contributed by atoms with E-state index in [2.05, 4.69) is 15.6 Å². The van der Waals surface area contributed by atoms with Crippen LogP contribution in [0.4, 0.5) is 11.4 Å². The van der Waals surface area contributed by atoms with Crippen LogP contribution in [0.5, 0.6) is 0 Å². The molecule has 0 aliphatic heterocycles. The van der Waals surface area contributed by atoms with Gasteiger partial charge in [0.1, 0.15) is 0 Å². The molecule has 5 heteroatoms. The molecule has 0 aliphatic rings. The molecule has 21 heavy (non-hydrogen) atoms. The van der Waals surface area contributed by atoms with Gasteiger partial charge in [-0.05, 0) is 23.8 Å². The normalized spacial score (nSPS) is 10.5. The van der Waals surface area contributed by atoms with Crippen LogP contribution in [-0.2, 0) is 11.3 Å². The molecule has 0 fully saturated rings. The summed E-state index contributed by atoms with van der Waals surface area (Å²) >= 11 is 6.03. The Labute approximate surface area is 129 Å². The van der Waals surface area contributed by atoms with Gasteiger partial charge in [-0.1, -0.05) is 37.6 Å². The predicted octanol–water partition coefficient (Wildman–Crippen LogP) is 3.94. The van der Waals surface area contributed by atoms with Gasteiger partial charge in [-0.15, -0.1) is 0 Å². The number of amides is 1. The Balaban J connectivity index is 1.94. The number of nitrogens with one attached hydrogen (secondary N) is 2. The number of hydrogen-bond acceptors (Lipinski definition) is 3. The van der Waals surface area contributed by atoms with Crippen molar-refractivity contribution in [1.82, 2.24) is 4.98 Å². The third-order valence-electron chi connectivity index (χ3n) is 3.00. The molecule has 110 valence electrons. The van der Waals surface area contributed by atoms with Crippen molar-refractivity contribution < 1.29 is 4.79 Å². The van der Waals surface area contributed by atoms with Crippen LogP contribution in [-0.4, -0.2) is 10.9 Å². The van der Waals surface area contributed by atoms with Crippen LogP contribution in [0, 0.1) is 5.92 Å². The van der Waals surface area contributed by atoms with Crippen LogP contribution >= 0.6 is 11.6 Å². The first-order chi connectivity index (χ1) is 10.1. The zero-order valence-corrected chi connectivity index (χ0v) is 12.8. The fraction of sp³-hybridized carbons (Fsp3) is 0.250. The van der Waals surface area contributed by atoms with Crippen molar-refractivity contribution >= 4 is 28.9 Å². The third-order valence-corrected chi connectivity index (χ3v) is 3.30. The Bertz CT molecular complexity index is 611. The smallest absolute Gasteiger partial charge is 0.226 e. The lowest BCUT2D eigenvalue weighted by Gasteiger charge is -2.10. The Kier molecular flexibility index (Phi) is 5.17. The number of aromatic nitrogens is 1. The number of carbonyl (C=O) groups is 1. The standard InChI is InChI=1S/C16H18ClN3O/c1-11(2)16(21)20-13-5-3-12(4-6-13)9-19-15-7-8-18-10-14(15)17/h3-8,10-11H,9H2,1-2H3,(H,18,19)(H,20,21). The molecule has 0 bridgehead atoms. The molecule has 4 nitrogen and oxygen atoms in total. The number of halogens is 1. The molecule has 2 rings (SSSR count). The average molecular weight is 304 g/mol. The van der Waals surface area contributed by atoms with E-state index >= 15 is 0 Å². The van der Waals surface area contributed by atoms with Crippen LogP contribution in [0.3, 0.4) is 0 Å². The highest BCUT2D eigenvalue weighted by Gasteiger charge is 2.06. The quantitative estimate of drug-likeness (QED) is 0.879. The number of nitrogens with zero attached hydrogens (tertiary/aromatic N) is 1. The molecule has 0 atom stereocenters. The van der Waals surface area contributed by atoms with E-state index in [0.29, 0.717) is 11.6 Å². The third kappa shape index (κ3) is 4.46. The first-order valence-electron chi connectivity index (χ1n) is 6.79. The first kappa shape index (κ1) is 15.3. The zero-order valence-electron chi connectivity index (χ0n) is 12.1. The van der Waals surface area contributed by atoms with Gasteiger partial charge in [-0.3, -0.25) is 9.78 Å². The lowest BCUT2D eigenvalue weighted by Crippen LogP contribution is -2.17. The molecule has 1 aromatic heterocycles. The fourth-order valence-electron chi connectivity index (χ4n) is 1.71. The van der Waals surface area contributed by atoms with Crippen LogP contribution in [0.15, 0.2) is 42.7 Å². The highest BCUT2D eigenvalue weighted by molar-refractivity contribution is 6.33. The summed E-state index contributed by atoms with van der Waals surface area (Å²) in [7, 11) is 0. The van der Waals surface area contributed by atoms with Gasteiger partial charge in [-0.2, -0.15) is 0 Å². The summed E-state index contributed by atoms with van der Waals surface area (Å²) in [4.78, 5) is 15.5. The minimum Gasteiger partial charge on any atom is -0.380 e. The van der Waals surface area contributed by atoms with E-state index in [1.54, 1.807) is 12.4 Å². The Morgan fingerprint density at radius 1 is 1.24 bits per heavy atom. The maximum atomic E-state index is 11.6. The fourth-order valence-corrected chi connectivity index (χ4v) is 1.89. The maximum Gasteiger partial charge on any atom is 0.226 e. The number of anilines is 2. The van der Waals surface area contributed by atoms with Gasteiger partial charge in [0.25, 0.3) is 0 Å². The van der Waals surface area contributed by atoms with Crippen LogP contribution in [0.25, 0.3) is 0 Å². The lowest BCUT2D eigenvalue weighted by molar-refractivity contribution is -0.118. The monoisotopic (exact) mass is 303 g/mol. The van der Waals surface area contributed by atoms with Gasteiger partial charge in [0.2, 0.25) is 5.91 Å². The average Bonchev–Trinajstić information content (AvgIpc) is 2.48. The van der Waals surface area contributed by atoms with Gasteiger partial charge in [-0.25, -0.2) is 0 Å². The molecule has 0 unspecified atom stereocenters. The van der Waals surface area contributed by atoms with Crippen molar-refractivity contribution in [2.45, 2.75) is 20.4 Å². The molecule has 0 saturated heterocycles. The second-order valence-corrected chi connectivity index (χ2v) is 5.46. The van der Waals surface area contributed by atoms with E-state index in [-0.39, 0.29) is 11.8 Å². The van der Waals surface area contributed by atoms with Gasteiger partial charge < -0.3 is 10.6 Å². The van der Waals surface area contributed by atoms with E-state index in [0.717, 1.165) is 16.9 Å². The van der Waals surface area contributed by atoms with Crippen molar-refractivity contribution in [3.05, 3.63) is 53.3 Å². The highest BCUT2D eigenvalue weighted by atomic mass is 35.5. The van der Waals surface area contributed by atoms with E-state index in [1.165, 1.54) is 0 Å². The molecule has 0 spiro atoms. The topological polar surface area (TPSA) is 54.0 Å². The molecule has 2 N–H and O–H groups in total. The van der Waals surface area contributed by atoms with Crippen molar-refractivity contribution in [3.8, 4) is 0 Å². The highest BCUT2D eigenvalue weighted by Crippen LogP contribution is 2.20. The Morgan fingerprint density at radius 2 is 1.95 bits per heavy atom. The van der Waals surface area contributed by atoms with E-state index in [1.807, 2.05) is 44.2 Å². The van der Waals surface area contributed by atoms with Crippen molar-refractivity contribution in [2.24, 2.45) is 5.92 Å². The summed E-state index contributed by atoms with van der Waals surface area (Å²) in [5.74, 6) is -0.00961. The molecular formula is C16H18ClN3O. The molecule has 0 aliphatic carbocycles. The van der Waals surface area contributed by atoms with Crippen LogP contribution in [0.2, 0.25) is 5.02 Å². The van der Waals surface area contributed by atoms with Gasteiger partial charge >= 0.3 is 0 Å². The summed E-state index contributed by atoms with van der Waals surface area (Å²) in [5.41, 5.74) is 2.76. The second-order valence-electron chi connectivity index (χ2n) is 5.05. The van der Waals surface area contributed by atoms with Gasteiger partial charge in [0.05, 0.1) is 10.7 Å². The summed E-state index contributed by atoms with van der Waals surface area (Å²) < 4.78 is 0. The summed E-state index contributed by atoms with van der Waals surface area (Å²) in [5, 5.41) is 6.71. The summed E-state index contributed by atoms with van der Waals surface area (Å²) in [6.07, 6.45) is 3.30. The predicted molar refractivity (Wildman–Crippen MR) is 86.5 cm³/mol. The largest absolute Gasteiger partial charge is 0.380 e. The second kappa shape index (κ2) is 7.09. The minimum absolute atomic E-state index is 0.0180. The SMILES string of the molecule is CC(C)C(=O)Nc1ccc(CNc2ccncc2Cl)cc1. The van der Waals surface area contributed by atoms with Crippen LogP contribution < -0.4 is 10.6 Å². The number of pyridine rings is 1. The molecule has 1 amide bonds. The molecule has 2 aromatic rings. The van der Waals surface area contributed by atoms with E-state index in [9.17, 15) is 4.79 Å². The van der Waals surface area contributed by atoms with Gasteiger partial charge in [0.15, 0.2) is 0 Å². The summed E-state index contributed by atoms with van der Waals surface area (Å²) in [6.45, 7) is 4.39. The number of hydrogen-bond donors (Lipinski definition) is 2. The molecular weight excluding hydrogens is 286 g/mol. The number of rotatable bonds is 5. The zero-order chi connectivity index (χ0) is 15.2. The van der Waals surface area contributed by atoms with E-state index < -0.39 is 0 Å². The van der Waals surface area contributed by atoms with Crippen molar-refractivity contribution in [2.75, 3.05) is 10.6 Å². The molecule has 1 aromatic carbocycles. The number of benzene rings is 1. The lowest BCUT2D eigenvalue weighted by atomic mass is 10.1. The van der Waals surface area contributed by atoms with Crippen molar-refractivity contribution in [3.63, 3.8) is 0 Å². The van der Waals surface area contributed by atoms with Gasteiger partial charge in [0, 0.05) is 30.5 Å². The molecule has 1 heterocycles. The van der Waals surface area contributed by atoms with Crippen LogP contribution in [0.1, 0.15) is 19.4 Å².